The summed E-state index contributed by atoms with van der Waals surface area (Å²) in [7, 11) is 0. The third-order valence-electron chi connectivity index (χ3n) is 4.28. The molecule has 0 N–H and O–H groups in total. The fraction of sp³-hybridized carbons (Fsp3) is 0.167. The van der Waals surface area contributed by atoms with Gasteiger partial charge >= 0.3 is 0 Å². The van der Waals surface area contributed by atoms with Crippen LogP contribution in [0, 0.1) is 18.3 Å². The van der Waals surface area contributed by atoms with E-state index < -0.39 is 0 Å². The van der Waals surface area contributed by atoms with Gasteiger partial charge in [-0.3, -0.25) is 4.40 Å². The predicted octanol–water partition coefficient (Wildman–Crippen LogP) is 3.42. The molecule has 5 nitrogen and oxygen atoms in total. The van der Waals surface area contributed by atoms with Gasteiger partial charge in [0.05, 0.1) is 16.6 Å². The van der Waals surface area contributed by atoms with Gasteiger partial charge in [-0.2, -0.15) is 10.4 Å². The Bertz CT molecular complexity index is 1060. The van der Waals surface area contributed by atoms with Crippen LogP contribution >= 0.6 is 0 Å². The van der Waals surface area contributed by atoms with Crippen molar-refractivity contribution in [3.05, 3.63) is 59.4 Å². The van der Waals surface area contributed by atoms with Gasteiger partial charge in [-0.05, 0) is 42.7 Å². The molecule has 0 bridgehead atoms. The lowest BCUT2D eigenvalue weighted by Crippen LogP contribution is -2.11. The summed E-state index contributed by atoms with van der Waals surface area (Å²) in [4.78, 5) is 4.69. The van der Waals surface area contributed by atoms with Gasteiger partial charge in [-0.25, -0.2) is 9.67 Å². The number of hydrogen-bond donors (Lipinski definition) is 0. The van der Waals surface area contributed by atoms with Crippen LogP contribution < -0.4 is 0 Å². The summed E-state index contributed by atoms with van der Waals surface area (Å²) < 4.78 is 3.90. The molecule has 0 aliphatic carbocycles. The van der Waals surface area contributed by atoms with Crippen molar-refractivity contribution in [2.45, 2.75) is 20.3 Å². The third kappa shape index (κ3) is 1.78. The van der Waals surface area contributed by atoms with Gasteiger partial charge in [0.1, 0.15) is 11.9 Å². The van der Waals surface area contributed by atoms with Crippen molar-refractivity contribution in [3.8, 4) is 11.9 Å². The van der Waals surface area contributed by atoms with Crippen molar-refractivity contribution in [1.82, 2.24) is 19.2 Å². The number of fused-ring (bicyclic) bond motifs is 3. The molecular weight excluding hydrogens is 286 g/mol. The highest BCUT2D eigenvalue weighted by Gasteiger charge is 2.20. The largest absolute Gasteiger partial charge is 0.275 e. The Morgan fingerprint density at radius 2 is 2.04 bits per heavy atom. The molecule has 3 aromatic heterocycles. The van der Waals surface area contributed by atoms with Crippen molar-refractivity contribution in [3.63, 3.8) is 0 Å². The monoisotopic (exact) mass is 301 g/mol. The Morgan fingerprint density at radius 3 is 2.74 bits per heavy atom. The second-order valence-electron chi connectivity index (χ2n) is 5.48. The van der Waals surface area contributed by atoms with E-state index >= 15 is 0 Å². The van der Waals surface area contributed by atoms with Crippen LogP contribution in [-0.2, 0) is 6.42 Å². The first-order chi connectivity index (χ1) is 11.3. The van der Waals surface area contributed by atoms with E-state index in [1.807, 2.05) is 52.5 Å². The molecule has 4 rings (SSSR count). The summed E-state index contributed by atoms with van der Waals surface area (Å²) in [5.41, 5.74) is 5.27. The van der Waals surface area contributed by atoms with Crippen molar-refractivity contribution < 1.29 is 0 Å². The molecular formula is C18H15N5. The number of hydrogen-bond acceptors (Lipinski definition) is 3. The standard InChI is InChI=1S/C18H15N5/c1-3-13-12(2)14(11-19)17-21-15-7-4-5-8-16(15)23(17)18(13)22-10-6-9-20-22/h4-10H,3H2,1-2H3. The molecule has 0 atom stereocenters. The van der Waals surface area contributed by atoms with Gasteiger partial charge in [0, 0.05) is 12.4 Å². The summed E-state index contributed by atoms with van der Waals surface area (Å²) in [6.45, 7) is 4.09. The van der Waals surface area contributed by atoms with Crippen LogP contribution in [0.1, 0.15) is 23.6 Å². The van der Waals surface area contributed by atoms with Crippen LogP contribution in [-0.4, -0.2) is 19.2 Å². The molecule has 0 amide bonds. The molecule has 4 aromatic rings. The highest BCUT2D eigenvalue weighted by atomic mass is 15.3. The van der Waals surface area contributed by atoms with E-state index in [0.717, 1.165) is 34.4 Å². The number of pyridine rings is 1. The molecule has 0 spiro atoms. The quantitative estimate of drug-likeness (QED) is 0.570. The molecule has 0 saturated carbocycles. The molecule has 0 radical (unpaired) electrons. The van der Waals surface area contributed by atoms with Crippen LogP contribution in [0.4, 0.5) is 0 Å². The zero-order chi connectivity index (χ0) is 16.0. The summed E-state index contributed by atoms with van der Waals surface area (Å²) in [5.74, 6) is 0.956. The van der Waals surface area contributed by atoms with Crippen LogP contribution in [0.5, 0.6) is 0 Å². The molecule has 0 aliphatic rings. The smallest absolute Gasteiger partial charge is 0.157 e. The minimum atomic E-state index is 0.633. The van der Waals surface area contributed by atoms with E-state index in [1.165, 1.54) is 0 Å². The molecule has 112 valence electrons. The molecule has 5 heteroatoms. The van der Waals surface area contributed by atoms with Gasteiger partial charge in [-0.1, -0.05) is 19.1 Å². The van der Waals surface area contributed by atoms with E-state index in [2.05, 4.69) is 18.1 Å². The first-order valence-electron chi connectivity index (χ1n) is 7.59. The zero-order valence-corrected chi connectivity index (χ0v) is 13.0. The maximum absolute atomic E-state index is 9.66. The van der Waals surface area contributed by atoms with Gasteiger partial charge in [0.25, 0.3) is 0 Å². The number of nitrogens with zero attached hydrogens (tertiary/aromatic N) is 5. The fourth-order valence-electron chi connectivity index (χ4n) is 3.22. The number of benzene rings is 1. The Labute approximate surface area is 133 Å². The number of para-hydroxylation sites is 2. The highest BCUT2D eigenvalue weighted by molar-refractivity contribution is 5.84. The normalized spacial score (nSPS) is 11.2. The Morgan fingerprint density at radius 1 is 1.22 bits per heavy atom. The number of imidazole rings is 1. The van der Waals surface area contributed by atoms with Crippen LogP contribution in [0.3, 0.4) is 0 Å². The molecule has 0 fully saturated rings. The van der Waals surface area contributed by atoms with E-state index in [-0.39, 0.29) is 0 Å². The maximum atomic E-state index is 9.66. The van der Waals surface area contributed by atoms with Crippen molar-refractivity contribution in [2.75, 3.05) is 0 Å². The summed E-state index contributed by atoms with van der Waals surface area (Å²) in [6.07, 6.45) is 4.50. The predicted molar refractivity (Wildman–Crippen MR) is 88.7 cm³/mol. The van der Waals surface area contributed by atoms with E-state index in [0.29, 0.717) is 11.2 Å². The Hall–Kier alpha value is -3.13. The minimum Gasteiger partial charge on any atom is -0.275 e. The van der Waals surface area contributed by atoms with Gasteiger partial charge in [0.15, 0.2) is 5.65 Å². The average molecular weight is 301 g/mol. The van der Waals surface area contributed by atoms with Gasteiger partial charge in [-0.15, -0.1) is 0 Å². The van der Waals surface area contributed by atoms with E-state index in [9.17, 15) is 5.26 Å². The lowest BCUT2D eigenvalue weighted by Gasteiger charge is -2.16. The first kappa shape index (κ1) is 13.5. The number of aromatic nitrogens is 4. The Kier molecular flexibility index (Phi) is 2.91. The summed E-state index contributed by atoms with van der Waals surface area (Å²) >= 11 is 0. The molecule has 0 unspecified atom stereocenters. The fourth-order valence-corrected chi connectivity index (χ4v) is 3.22. The zero-order valence-electron chi connectivity index (χ0n) is 13.0. The second-order valence-corrected chi connectivity index (χ2v) is 5.48. The lowest BCUT2D eigenvalue weighted by atomic mass is 10.0. The number of nitriles is 1. The third-order valence-corrected chi connectivity index (χ3v) is 4.28. The average Bonchev–Trinajstić information content (AvgIpc) is 3.21. The first-order valence-corrected chi connectivity index (χ1v) is 7.59. The number of rotatable bonds is 2. The SMILES string of the molecule is CCc1c(C)c(C#N)c2nc3ccccc3n2c1-n1cccn1. The molecule has 1 aromatic carbocycles. The minimum absolute atomic E-state index is 0.633. The van der Waals surface area contributed by atoms with Crippen molar-refractivity contribution in [1.29, 1.82) is 5.26 Å². The summed E-state index contributed by atoms with van der Waals surface area (Å²) in [5, 5.41) is 14.1. The van der Waals surface area contributed by atoms with Gasteiger partial charge < -0.3 is 0 Å². The van der Waals surface area contributed by atoms with Gasteiger partial charge in [0.2, 0.25) is 0 Å². The molecule has 3 heterocycles. The van der Waals surface area contributed by atoms with Crippen LogP contribution in [0.2, 0.25) is 0 Å². The van der Waals surface area contributed by atoms with Crippen LogP contribution in [0.25, 0.3) is 22.5 Å². The van der Waals surface area contributed by atoms with E-state index in [1.54, 1.807) is 6.20 Å². The molecule has 0 aliphatic heterocycles. The molecule has 0 saturated heterocycles. The summed E-state index contributed by atoms with van der Waals surface area (Å²) in [6, 6.07) is 12.2. The Balaban J connectivity index is 2.32. The highest BCUT2D eigenvalue weighted by Crippen LogP contribution is 2.29. The van der Waals surface area contributed by atoms with Crippen molar-refractivity contribution in [2.24, 2.45) is 0 Å². The second kappa shape index (κ2) is 4.96. The van der Waals surface area contributed by atoms with Crippen molar-refractivity contribution >= 4 is 16.7 Å². The topological polar surface area (TPSA) is 58.9 Å². The van der Waals surface area contributed by atoms with Crippen LogP contribution in [0.15, 0.2) is 42.7 Å². The lowest BCUT2D eigenvalue weighted by molar-refractivity contribution is 0.812. The maximum Gasteiger partial charge on any atom is 0.157 e. The molecule has 23 heavy (non-hydrogen) atoms. The van der Waals surface area contributed by atoms with E-state index in [4.69, 9.17) is 4.98 Å².